The lowest BCUT2D eigenvalue weighted by Gasteiger charge is -2.26. The summed E-state index contributed by atoms with van der Waals surface area (Å²) in [6.45, 7) is 3.71. The molecule has 1 aliphatic rings. The number of hydrogen-bond acceptors (Lipinski definition) is 4. The van der Waals surface area contributed by atoms with Crippen molar-refractivity contribution < 1.29 is 4.79 Å². The molecule has 3 rings (SSSR count). The van der Waals surface area contributed by atoms with Gasteiger partial charge < -0.3 is 10.6 Å². The van der Waals surface area contributed by atoms with Crippen molar-refractivity contribution in [3.05, 3.63) is 41.7 Å². The van der Waals surface area contributed by atoms with Gasteiger partial charge in [0.25, 0.3) is 5.91 Å². The summed E-state index contributed by atoms with van der Waals surface area (Å²) in [4.78, 5) is 12.1. The molecule has 1 aromatic carbocycles. The number of carbonyl (C=O) groups excluding carboxylic acids is 1. The average molecular weight is 257 g/mol. The van der Waals surface area contributed by atoms with E-state index in [9.17, 15) is 4.79 Å². The van der Waals surface area contributed by atoms with Gasteiger partial charge in [-0.25, -0.2) is 4.68 Å². The van der Waals surface area contributed by atoms with Crippen LogP contribution in [-0.4, -0.2) is 34.0 Å². The summed E-state index contributed by atoms with van der Waals surface area (Å²) in [6, 6.07) is 7.96. The van der Waals surface area contributed by atoms with Gasteiger partial charge in [0, 0.05) is 18.8 Å². The molecule has 0 radical (unpaired) electrons. The Labute approximate surface area is 110 Å². The molecule has 19 heavy (non-hydrogen) atoms. The van der Waals surface area contributed by atoms with E-state index < -0.39 is 0 Å². The first kappa shape index (κ1) is 11.9. The van der Waals surface area contributed by atoms with E-state index in [1.807, 2.05) is 31.2 Å². The first-order valence-electron chi connectivity index (χ1n) is 6.23. The number of carbonyl (C=O) groups is 1. The molecule has 0 spiro atoms. The molecule has 1 fully saturated rings. The van der Waals surface area contributed by atoms with E-state index in [0.717, 1.165) is 24.3 Å². The Morgan fingerprint density at radius 1 is 1.42 bits per heavy atom. The number of benzene rings is 1. The standard InChI is InChI=1S/C13H15N5O/c1-9-4-2-3-5-11(9)15-13(19)12-8-18(17-16-12)10-6-14-7-10/h2-5,8,10,14H,6-7H2,1H3,(H,15,19). The molecular weight excluding hydrogens is 242 g/mol. The number of nitrogens with one attached hydrogen (secondary N) is 2. The summed E-state index contributed by atoms with van der Waals surface area (Å²) in [7, 11) is 0. The number of aryl methyl sites for hydroxylation is 1. The quantitative estimate of drug-likeness (QED) is 0.860. The van der Waals surface area contributed by atoms with Crippen LogP contribution in [0.1, 0.15) is 22.1 Å². The van der Waals surface area contributed by atoms with Gasteiger partial charge in [0.15, 0.2) is 5.69 Å². The highest BCUT2D eigenvalue weighted by molar-refractivity contribution is 6.02. The van der Waals surface area contributed by atoms with Gasteiger partial charge in [0.05, 0.1) is 12.2 Å². The SMILES string of the molecule is Cc1ccccc1NC(=O)c1cn(C2CNC2)nn1. The second kappa shape index (κ2) is 4.81. The highest BCUT2D eigenvalue weighted by atomic mass is 16.2. The van der Waals surface area contributed by atoms with E-state index in [1.165, 1.54) is 0 Å². The van der Waals surface area contributed by atoms with Crippen molar-refractivity contribution in [2.75, 3.05) is 18.4 Å². The number of rotatable bonds is 3. The Morgan fingerprint density at radius 3 is 2.89 bits per heavy atom. The monoisotopic (exact) mass is 257 g/mol. The van der Waals surface area contributed by atoms with E-state index in [-0.39, 0.29) is 5.91 Å². The number of aromatic nitrogens is 3. The van der Waals surface area contributed by atoms with Gasteiger partial charge >= 0.3 is 0 Å². The average Bonchev–Trinajstić information content (AvgIpc) is 2.79. The Hall–Kier alpha value is -2.21. The molecule has 0 aliphatic carbocycles. The van der Waals surface area contributed by atoms with Gasteiger partial charge in [0.1, 0.15) is 0 Å². The van der Waals surface area contributed by atoms with Gasteiger partial charge in [-0.15, -0.1) is 5.10 Å². The predicted molar refractivity (Wildman–Crippen MR) is 71.1 cm³/mol. The third kappa shape index (κ3) is 2.34. The Kier molecular flexibility index (Phi) is 3.00. The lowest BCUT2D eigenvalue weighted by molar-refractivity contribution is 0.102. The molecule has 1 aliphatic heterocycles. The maximum atomic E-state index is 12.1. The number of para-hydroxylation sites is 1. The molecule has 0 bridgehead atoms. The van der Waals surface area contributed by atoms with Gasteiger partial charge in [-0.2, -0.15) is 0 Å². The second-order valence-corrected chi connectivity index (χ2v) is 4.66. The summed E-state index contributed by atoms with van der Waals surface area (Å²) in [5.74, 6) is -0.229. The molecule has 2 N–H and O–H groups in total. The van der Waals surface area contributed by atoms with Crippen LogP contribution < -0.4 is 10.6 Å². The van der Waals surface area contributed by atoms with Crippen LogP contribution in [0.5, 0.6) is 0 Å². The molecule has 6 nitrogen and oxygen atoms in total. The van der Waals surface area contributed by atoms with E-state index in [4.69, 9.17) is 0 Å². The largest absolute Gasteiger partial charge is 0.320 e. The minimum Gasteiger partial charge on any atom is -0.320 e. The first-order valence-corrected chi connectivity index (χ1v) is 6.23. The van der Waals surface area contributed by atoms with E-state index in [2.05, 4.69) is 20.9 Å². The maximum Gasteiger partial charge on any atom is 0.277 e. The van der Waals surface area contributed by atoms with E-state index >= 15 is 0 Å². The second-order valence-electron chi connectivity index (χ2n) is 4.66. The third-order valence-electron chi connectivity index (χ3n) is 3.27. The van der Waals surface area contributed by atoms with Crippen LogP contribution in [0.3, 0.4) is 0 Å². The van der Waals surface area contributed by atoms with Crippen molar-refractivity contribution in [3.8, 4) is 0 Å². The zero-order valence-corrected chi connectivity index (χ0v) is 10.6. The zero-order chi connectivity index (χ0) is 13.2. The van der Waals surface area contributed by atoms with E-state index in [1.54, 1.807) is 10.9 Å². The molecule has 1 aromatic heterocycles. The van der Waals surface area contributed by atoms with Crippen molar-refractivity contribution in [1.82, 2.24) is 20.3 Å². The molecule has 2 heterocycles. The number of nitrogens with zero attached hydrogens (tertiary/aromatic N) is 3. The smallest absolute Gasteiger partial charge is 0.277 e. The molecular formula is C13H15N5O. The molecule has 0 atom stereocenters. The summed E-state index contributed by atoms with van der Waals surface area (Å²) >= 11 is 0. The zero-order valence-electron chi connectivity index (χ0n) is 10.6. The van der Waals surface area contributed by atoms with Crippen molar-refractivity contribution in [3.63, 3.8) is 0 Å². The van der Waals surface area contributed by atoms with Crippen molar-refractivity contribution in [1.29, 1.82) is 0 Å². The predicted octanol–water partition coefficient (Wildman–Crippen LogP) is 0.983. The van der Waals surface area contributed by atoms with Crippen LogP contribution in [0.25, 0.3) is 0 Å². The topological polar surface area (TPSA) is 71.8 Å². The number of amides is 1. The minimum atomic E-state index is -0.229. The highest BCUT2D eigenvalue weighted by Crippen LogP contribution is 2.15. The summed E-state index contributed by atoms with van der Waals surface area (Å²) in [5.41, 5.74) is 2.16. The van der Waals surface area contributed by atoms with Gasteiger partial charge in [0.2, 0.25) is 0 Å². The van der Waals surface area contributed by atoms with Crippen molar-refractivity contribution in [2.45, 2.75) is 13.0 Å². The Bertz CT molecular complexity index is 603. The molecule has 2 aromatic rings. The van der Waals surface area contributed by atoms with Crippen LogP contribution in [-0.2, 0) is 0 Å². The minimum absolute atomic E-state index is 0.229. The molecule has 1 amide bonds. The van der Waals surface area contributed by atoms with Crippen molar-refractivity contribution >= 4 is 11.6 Å². The van der Waals surface area contributed by atoms with Gasteiger partial charge in [-0.3, -0.25) is 4.79 Å². The lowest BCUT2D eigenvalue weighted by Crippen LogP contribution is -2.43. The molecule has 0 saturated carbocycles. The fourth-order valence-electron chi connectivity index (χ4n) is 1.92. The lowest BCUT2D eigenvalue weighted by atomic mass is 10.2. The fraction of sp³-hybridized carbons (Fsp3) is 0.308. The highest BCUT2D eigenvalue weighted by Gasteiger charge is 2.21. The first-order chi connectivity index (χ1) is 9.24. The summed E-state index contributed by atoms with van der Waals surface area (Å²) < 4.78 is 1.74. The maximum absolute atomic E-state index is 12.1. The third-order valence-corrected chi connectivity index (χ3v) is 3.27. The van der Waals surface area contributed by atoms with Crippen LogP contribution in [0.2, 0.25) is 0 Å². The van der Waals surface area contributed by atoms with E-state index in [0.29, 0.717) is 11.7 Å². The normalized spacial score (nSPS) is 15.0. The van der Waals surface area contributed by atoms with Crippen LogP contribution in [0.15, 0.2) is 30.5 Å². The molecule has 0 unspecified atom stereocenters. The molecule has 1 saturated heterocycles. The van der Waals surface area contributed by atoms with Crippen molar-refractivity contribution in [2.24, 2.45) is 0 Å². The van der Waals surface area contributed by atoms with Crippen LogP contribution >= 0.6 is 0 Å². The van der Waals surface area contributed by atoms with Crippen LogP contribution in [0, 0.1) is 6.92 Å². The fourth-order valence-corrected chi connectivity index (χ4v) is 1.92. The summed E-state index contributed by atoms with van der Waals surface area (Å²) in [6.07, 6.45) is 1.69. The molecule has 6 heteroatoms. The van der Waals surface area contributed by atoms with Gasteiger partial charge in [-0.1, -0.05) is 23.4 Å². The Balaban J connectivity index is 1.73. The number of anilines is 1. The number of hydrogen-bond donors (Lipinski definition) is 2. The van der Waals surface area contributed by atoms with Gasteiger partial charge in [-0.05, 0) is 18.6 Å². The van der Waals surface area contributed by atoms with Crippen LogP contribution in [0.4, 0.5) is 5.69 Å². The summed E-state index contributed by atoms with van der Waals surface area (Å²) in [5, 5.41) is 13.9. The molecule has 98 valence electrons. The Morgan fingerprint density at radius 2 is 2.21 bits per heavy atom.